The maximum atomic E-state index is 9.42. The lowest BCUT2D eigenvalue weighted by molar-refractivity contribution is 0.371. The number of benzene rings is 2. The van der Waals surface area contributed by atoms with Crippen LogP contribution in [0.1, 0.15) is 0 Å². The van der Waals surface area contributed by atoms with E-state index < -0.39 is 0 Å². The summed E-state index contributed by atoms with van der Waals surface area (Å²) in [6, 6.07) is 5.81. The first-order valence-electron chi connectivity index (χ1n) is 5.73. The molecule has 21 heavy (non-hydrogen) atoms. The summed E-state index contributed by atoms with van der Waals surface area (Å²) in [6.45, 7) is 0. The summed E-state index contributed by atoms with van der Waals surface area (Å²) in [7, 11) is 2.96. The first-order valence-corrected chi connectivity index (χ1v) is 6.87. The number of phenols is 1. The van der Waals surface area contributed by atoms with Gasteiger partial charge in [0.2, 0.25) is 0 Å². The highest BCUT2D eigenvalue weighted by Crippen LogP contribution is 2.45. The van der Waals surface area contributed by atoms with E-state index in [-0.39, 0.29) is 27.3 Å². The topological polar surface area (TPSA) is 47.9 Å². The minimum atomic E-state index is -0.0620. The lowest BCUT2D eigenvalue weighted by Crippen LogP contribution is -1.94. The van der Waals surface area contributed by atoms with E-state index in [1.54, 1.807) is 12.1 Å². The molecular weight excluding hydrogens is 339 g/mol. The summed E-state index contributed by atoms with van der Waals surface area (Å²) >= 11 is 18.1. The fraction of sp³-hybridized carbons (Fsp3) is 0.143. The van der Waals surface area contributed by atoms with Crippen LogP contribution in [0.3, 0.4) is 0 Å². The number of hydrogen-bond donors (Lipinski definition) is 1. The second kappa shape index (κ2) is 6.52. The third-order valence-corrected chi connectivity index (χ3v) is 3.46. The Hall–Kier alpha value is -1.49. The Labute approximate surface area is 136 Å². The number of halogens is 3. The van der Waals surface area contributed by atoms with Gasteiger partial charge in [-0.1, -0.05) is 34.8 Å². The molecule has 2 aromatic carbocycles. The lowest BCUT2D eigenvalue weighted by atomic mass is 10.3. The maximum Gasteiger partial charge on any atom is 0.180 e. The van der Waals surface area contributed by atoms with Gasteiger partial charge in [-0.25, -0.2) is 0 Å². The van der Waals surface area contributed by atoms with Crippen molar-refractivity contribution in [1.29, 1.82) is 0 Å². The maximum absolute atomic E-state index is 9.42. The molecule has 4 nitrogen and oxygen atoms in total. The van der Waals surface area contributed by atoms with Crippen LogP contribution < -0.4 is 14.2 Å². The van der Waals surface area contributed by atoms with Crippen LogP contribution in [0.15, 0.2) is 24.3 Å². The molecule has 0 radical (unpaired) electrons. The molecule has 2 aromatic rings. The van der Waals surface area contributed by atoms with Crippen molar-refractivity contribution in [1.82, 2.24) is 0 Å². The van der Waals surface area contributed by atoms with Crippen molar-refractivity contribution in [2.75, 3.05) is 14.2 Å². The largest absolute Gasteiger partial charge is 0.508 e. The van der Waals surface area contributed by atoms with E-state index in [0.29, 0.717) is 16.5 Å². The normalized spacial score (nSPS) is 10.3. The first kappa shape index (κ1) is 15.9. The van der Waals surface area contributed by atoms with Gasteiger partial charge in [0.05, 0.1) is 29.3 Å². The molecule has 0 atom stereocenters. The molecule has 2 rings (SSSR count). The fourth-order valence-corrected chi connectivity index (χ4v) is 2.52. The van der Waals surface area contributed by atoms with Crippen molar-refractivity contribution in [2.45, 2.75) is 0 Å². The molecule has 1 N–H and O–H groups in total. The van der Waals surface area contributed by atoms with Gasteiger partial charge in [-0.15, -0.1) is 0 Å². The molecule has 0 saturated heterocycles. The van der Waals surface area contributed by atoms with Crippen LogP contribution in [-0.2, 0) is 0 Å². The minimum Gasteiger partial charge on any atom is -0.508 e. The van der Waals surface area contributed by atoms with Crippen molar-refractivity contribution in [3.63, 3.8) is 0 Å². The molecule has 0 bridgehead atoms. The van der Waals surface area contributed by atoms with Crippen molar-refractivity contribution in [3.05, 3.63) is 39.3 Å². The van der Waals surface area contributed by atoms with Gasteiger partial charge in [-0.05, 0) is 0 Å². The van der Waals surface area contributed by atoms with Crippen molar-refractivity contribution in [3.8, 4) is 28.7 Å². The average Bonchev–Trinajstić information content (AvgIpc) is 2.42. The van der Waals surface area contributed by atoms with Crippen LogP contribution in [-0.4, -0.2) is 19.3 Å². The zero-order valence-corrected chi connectivity index (χ0v) is 13.4. The van der Waals surface area contributed by atoms with Gasteiger partial charge in [0.1, 0.15) is 11.5 Å². The highest BCUT2D eigenvalue weighted by Gasteiger charge is 2.17. The van der Waals surface area contributed by atoms with E-state index in [0.717, 1.165) is 0 Å². The van der Waals surface area contributed by atoms with E-state index in [2.05, 4.69) is 0 Å². The zero-order valence-electron chi connectivity index (χ0n) is 11.1. The summed E-state index contributed by atoms with van der Waals surface area (Å²) in [5.41, 5.74) is 0. The van der Waals surface area contributed by atoms with Crippen LogP contribution in [0.25, 0.3) is 0 Å². The molecule has 7 heteroatoms. The molecule has 0 fully saturated rings. The predicted molar refractivity (Wildman–Crippen MR) is 82.8 cm³/mol. The molecular formula is C14H11Cl3O4. The van der Waals surface area contributed by atoms with Gasteiger partial charge in [0.15, 0.2) is 17.2 Å². The average molecular weight is 350 g/mol. The van der Waals surface area contributed by atoms with Crippen molar-refractivity contribution in [2.24, 2.45) is 0 Å². The highest BCUT2D eigenvalue weighted by atomic mass is 35.5. The molecule has 0 heterocycles. The van der Waals surface area contributed by atoms with Crippen LogP contribution in [0.2, 0.25) is 15.1 Å². The Kier molecular flexibility index (Phi) is 4.93. The van der Waals surface area contributed by atoms with Crippen molar-refractivity contribution >= 4 is 34.8 Å². The summed E-state index contributed by atoms with van der Waals surface area (Å²) in [5, 5.41) is 10.0. The standard InChI is InChI=1S/C14H11Cl3O4/c1-19-8-5-11(17)14(20-2)12(6-8)21-13-9(15)3-7(18)4-10(13)16/h3-6,18H,1-2H3. The molecule has 0 unspecified atom stereocenters. The number of rotatable bonds is 4. The highest BCUT2D eigenvalue weighted by molar-refractivity contribution is 6.37. The van der Waals surface area contributed by atoms with Gasteiger partial charge in [0.25, 0.3) is 0 Å². The summed E-state index contributed by atoms with van der Waals surface area (Å²) in [6.07, 6.45) is 0. The second-order valence-corrected chi connectivity index (χ2v) is 5.20. The fourth-order valence-electron chi connectivity index (χ4n) is 1.69. The summed E-state index contributed by atoms with van der Waals surface area (Å²) < 4.78 is 16.0. The van der Waals surface area contributed by atoms with Crippen LogP contribution in [0, 0.1) is 0 Å². The van der Waals surface area contributed by atoms with E-state index in [9.17, 15) is 5.11 Å². The molecule has 0 aliphatic carbocycles. The Morgan fingerprint density at radius 1 is 0.810 bits per heavy atom. The van der Waals surface area contributed by atoms with E-state index in [4.69, 9.17) is 49.0 Å². The number of hydrogen-bond acceptors (Lipinski definition) is 4. The quantitative estimate of drug-likeness (QED) is 0.828. The molecule has 0 aromatic heterocycles. The summed E-state index contributed by atoms with van der Waals surface area (Å²) in [4.78, 5) is 0. The van der Waals surface area contributed by atoms with E-state index in [1.807, 2.05) is 0 Å². The van der Waals surface area contributed by atoms with Crippen LogP contribution >= 0.6 is 34.8 Å². The number of methoxy groups -OCH3 is 2. The monoisotopic (exact) mass is 348 g/mol. The van der Waals surface area contributed by atoms with Gasteiger partial charge in [-0.2, -0.15) is 0 Å². The van der Waals surface area contributed by atoms with Crippen LogP contribution in [0.5, 0.6) is 28.7 Å². The zero-order chi connectivity index (χ0) is 15.6. The summed E-state index contributed by atoms with van der Waals surface area (Å²) in [5.74, 6) is 1.21. The molecule has 0 spiro atoms. The van der Waals surface area contributed by atoms with Gasteiger partial charge < -0.3 is 19.3 Å². The molecule has 112 valence electrons. The third kappa shape index (κ3) is 3.40. The van der Waals surface area contributed by atoms with Gasteiger partial charge in [-0.3, -0.25) is 0 Å². The number of aromatic hydroxyl groups is 1. The predicted octanol–water partition coefficient (Wildman–Crippen LogP) is 5.16. The molecule has 0 aliphatic heterocycles. The second-order valence-electron chi connectivity index (χ2n) is 3.98. The Balaban J connectivity index is 2.51. The van der Waals surface area contributed by atoms with Gasteiger partial charge in [0, 0.05) is 24.3 Å². The van der Waals surface area contributed by atoms with E-state index in [1.165, 1.54) is 26.4 Å². The smallest absolute Gasteiger partial charge is 0.180 e. The van der Waals surface area contributed by atoms with Crippen LogP contribution in [0.4, 0.5) is 0 Å². The van der Waals surface area contributed by atoms with Gasteiger partial charge >= 0.3 is 0 Å². The molecule has 0 aliphatic rings. The van der Waals surface area contributed by atoms with E-state index >= 15 is 0 Å². The van der Waals surface area contributed by atoms with Crippen molar-refractivity contribution < 1.29 is 19.3 Å². The first-order chi connectivity index (χ1) is 9.96. The third-order valence-electron chi connectivity index (χ3n) is 2.62. The number of phenolic OH excluding ortho intramolecular Hbond substituents is 1. The Morgan fingerprint density at radius 3 is 1.90 bits per heavy atom. The number of ether oxygens (including phenoxy) is 3. The Bertz CT molecular complexity index is 651. The SMILES string of the molecule is COc1cc(Cl)c(OC)c(Oc2c(Cl)cc(O)cc2Cl)c1. The molecule has 0 amide bonds. The lowest BCUT2D eigenvalue weighted by Gasteiger charge is -2.15. The minimum absolute atomic E-state index is 0.0620. The molecule has 0 saturated carbocycles. The Morgan fingerprint density at radius 2 is 1.38 bits per heavy atom.